The summed E-state index contributed by atoms with van der Waals surface area (Å²) in [6.45, 7) is 2.92. The summed E-state index contributed by atoms with van der Waals surface area (Å²) in [5, 5.41) is 10.6. The van der Waals surface area contributed by atoms with Crippen LogP contribution in [0.2, 0.25) is 0 Å². The van der Waals surface area contributed by atoms with Crippen LogP contribution in [0.3, 0.4) is 0 Å². The Balaban J connectivity index is 1.36. The normalized spacial score (nSPS) is 18.0. The second-order valence-corrected chi connectivity index (χ2v) is 6.67. The molecule has 1 unspecified atom stereocenters. The number of benzene rings is 1. The van der Waals surface area contributed by atoms with Gasteiger partial charge < -0.3 is 9.51 Å². The highest BCUT2D eigenvalue weighted by atomic mass is 16.3. The van der Waals surface area contributed by atoms with Crippen LogP contribution >= 0.6 is 0 Å². The first kappa shape index (κ1) is 15.4. The number of aliphatic hydroxyl groups is 1. The molecule has 4 nitrogen and oxygen atoms in total. The molecule has 0 amide bonds. The van der Waals surface area contributed by atoms with Gasteiger partial charge in [0.15, 0.2) is 0 Å². The van der Waals surface area contributed by atoms with Crippen molar-refractivity contribution in [2.45, 2.75) is 25.5 Å². The molecular formula is C20H23N3O. The molecule has 4 rings (SSSR count). The number of pyridine rings is 1. The highest BCUT2D eigenvalue weighted by Crippen LogP contribution is 2.30. The maximum absolute atomic E-state index is 10.6. The second kappa shape index (κ2) is 6.75. The van der Waals surface area contributed by atoms with Crippen molar-refractivity contribution in [2.75, 3.05) is 13.1 Å². The molecule has 1 saturated heterocycles. The summed E-state index contributed by atoms with van der Waals surface area (Å²) in [5.74, 6) is 0.352. The molecule has 124 valence electrons. The predicted octanol–water partition coefficient (Wildman–Crippen LogP) is 3.28. The van der Waals surface area contributed by atoms with Gasteiger partial charge in [0.1, 0.15) is 5.65 Å². The van der Waals surface area contributed by atoms with Crippen molar-refractivity contribution in [1.29, 1.82) is 0 Å². The first-order valence-electron chi connectivity index (χ1n) is 8.67. The molecule has 0 aliphatic carbocycles. The van der Waals surface area contributed by atoms with Gasteiger partial charge in [-0.15, -0.1) is 0 Å². The van der Waals surface area contributed by atoms with Crippen molar-refractivity contribution in [2.24, 2.45) is 5.92 Å². The second-order valence-electron chi connectivity index (χ2n) is 6.67. The summed E-state index contributed by atoms with van der Waals surface area (Å²) in [4.78, 5) is 7.12. The molecule has 1 fully saturated rings. The standard InChI is InChI=1S/C20H23N3O/c24-20(16-6-2-1-3-7-16)17-9-12-22(13-10-17)14-18-15-23-11-5-4-8-19(23)21-18/h1-8,11,15,17,20,24H,9-10,12-14H2. The fraction of sp³-hybridized carbons (Fsp3) is 0.350. The third-order valence-corrected chi connectivity index (χ3v) is 5.02. The number of likely N-dealkylation sites (tertiary alicyclic amines) is 1. The van der Waals surface area contributed by atoms with E-state index in [1.165, 1.54) is 0 Å². The minimum Gasteiger partial charge on any atom is -0.388 e. The van der Waals surface area contributed by atoms with E-state index in [4.69, 9.17) is 0 Å². The monoisotopic (exact) mass is 321 g/mol. The van der Waals surface area contributed by atoms with Gasteiger partial charge in [-0.3, -0.25) is 4.90 Å². The average Bonchev–Trinajstić information content (AvgIpc) is 3.05. The van der Waals surface area contributed by atoms with Gasteiger partial charge in [-0.1, -0.05) is 36.4 Å². The summed E-state index contributed by atoms with van der Waals surface area (Å²) in [6.07, 6.45) is 5.87. The van der Waals surface area contributed by atoms with Crippen LogP contribution in [0.5, 0.6) is 0 Å². The molecule has 1 aliphatic heterocycles. The molecule has 3 heterocycles. The molecule has 4 heteroatoms. The third kappa shape index (κ3) is 3.21. The number of piperidine rings is 1. The highest BCUT2D eigenvalue weighted by molar-refractivity contribution is 5.39. The van der Waals surface area contributed by atoms with Crippen molar-refractivity contribution in [1.82, 2.24) is 14.3 Å². The summed E-state index contributed by atoms with van der Waals surface area (Å²) in [7, 11) is 0. The lowest BCUT2D eigenvalue weighted by Gasteiger charge is -2.34. The van der Waals surface area contributed by atoms with Crippen LogP contribution in [0.25, 0.3) is 5.65 Å². The zero-order valence-corrected chi connectivity index (χ0v) is 13.8. The molecule has 0 radical (unpaired) electrons. The maximum atomic E-state index is 10.6. The number of aromatic nitrogens is 2. The number of imidazole rings is 1. The lowest BCUT2D eigenvalue weighted by molar-refractivity contribution is 0.0565. The SMILES string of the molecule is OC(c1ccccc1)C1CCN(Cc2cn3ccccc3n2)CC1. The van der Waals surface area contributed by atoms with Crippen molar-refractivity contribution < 1.29 is 5.11 Å². The van der Waals surface area contributed by atoms with Crippen molar-refractivity contribution in [3.63, 3.8) is 0 Å². The Hall–Kier alpha value is -2.17. The zero-order valence-electron chi connectivity index (χ0n) is 13.8. The Labute approximate surface area is 142 Å². The molecule has 0 bridgehead atoms. The van der Waals surface area contributed by atoms with Crippen molar-refractivity contribution in [3.8, 4) is 0 Å². The van der Waals surface area contributed by atoms with Gasteiger partial charge in [0.2, 0.25) is 0 Å². The average molecular weight is 321 g/mol. The molecule has 1 aliphatic rings. The molecule has 1 N–H and O–H groups in total. The number of nitrogens with zero attached hydrogens (tertiary/aromatic N) is 3. The predicted molar refractivity (Wildman–Crippen MR) is 94.6 cm³/mol. The van der Waals surface area contributed by atoms with Gasteiger partial charge in [-0.2, -0.15) is 0 Å². The van der Waals surface area contributed by atoms with Crippen LogP contribution in [-0.2, 0) is 6.54 Å². The molecule has 2 aromatic heterocycles. The quantitative estimate of drug-likeness (QED) is 0.802. The Kier molecular flexibility index (Phi) is 4.32. The van der Waals surface area contributed by atoms with Crippen molar-refractivity contribution >= 4 is 5.65 Å². The lowest BCUT2D eigenvalue weighted by atomic mass is 9.87. The number of rotatable bonds is 4. The molecule has 24 heavy (non-hydrogen) atoms. The van der Waals surface area contributed by atoms with E-state index in [9.17, 15) is 5.11 Å². The summed E-state index contributed by atoms with van der Waals surface area (Å²) < 4.78 is 2.07. The van der Waals surface area contributed by atoms with Crippen LogP contribution in [-0.4, -0.2) is 32.5 Å². The van der Waals surface area contributed by atoms with Crippen LogP contribution in [0.15, 0.2) is 60.9 Å². The number of hydrogen-bond acceptors (Lipinski definition) is 3. The van der Waals surface area contributed by atoms with E-state index in [2.05, 4.69) is 20.5 Å². The lowest BCUT2D eigenvalue weighted by Crippen LogP contribution is -2.35. The first-order valence-corrected chi connectivity index (χ1v) is 8.67. The fourth-order valence-corrected chi connectivity index (χ4v) is 3.64. The van der Waals surface area contributed by atoms with E-state index in [0.717, 1.165) is 49.4 Å². The van der Waals surface area contributed by atoms with E-state index in [0.29, 0.717) is 5.92 Å². The topological polar surface area (TPSA) is 40.8 Å². The maximum Gasteiger partial charge on any atom is 0.137 e. The number of hydrogen-bond donors (Lipinski definition) is 1. The molecule has 1 atom stereocenters. The Morgan fingerprint density at radius 3 is 2.54 bits per heavy atom. The Morgan fingerprint density at radius 1 is 1.04 bits per heavy atom. The summed E-state index contributed by atoms with van der Waals surface area (Å²) in [6, 6.07) is 16.1. The minimum absolute atomic E-state index is 0.344. The van der Waals surface area contributed by atoms with E-state index in [1.807, 2.05) is 54.7 Å². The zero-order chi connectivity index (χ0) is 16.4. The van der Waals surface area contributed by atoms with E-state index < -0.39 is 0 Å². The van der Waals surface area contributed by atoms with E-state index >= 15 is 0 Å². The summed E-state index contributed by atoms with van der Waals surface area (Å²) in [5.41, 5.74) is 3.15. The van der Waals surface area contributed by atoms with Gasteiger partial charge >= 0.3 is 0 Å². The van der Waals surface area contributed by atoms with Crippen LogP contribution < -0.4 is 0 Å². The van der Waals surface area contributed by atoms with Gasteiger partial charge in [0.05, 0.1) is 11.8 Å². The fourth-order valence-electron chi connectivity index (χ4n) is 3.64. The molecule has 0 spiro atoms. The molecule has 0 saturated carbocycles. The Morgan fingerprint density at radius 2 is 1.79 bits per heavy atom. The number of fused-ring (bicyclic) bond motifs is 1. The minimum atomic E-state index is -0.344. The van der Waals surface area contributed by atoms with Crippen LogP contribution in [0.4, 0.5) is 0 Å². The third-order valence-electron chi connectivity index (χ3n) is 5.02. The molecule has 1 aromatic carbocycles. The van der Waals surface area contributed by atoms with Crippen LogP contribution in [0.1, 0.15) is 30.2 Å². The first-order chi connectivity index (χ1) is 11.8. The summed E-state index contributed by atoms with van der Waals surface area (Å²) >= 11 is 0. The van der Waals surface area contributed by atoms with Crippen LogP contribution in [0, 0.1) is 5.92 Å². The number of aliphatic hydroxyl groups excluding tert-OH is 1. The highest BCUT2D eigenvalue weighted by Gasteiger charge is 2.26. The smallest absolute Gasteiger partial charge is 0.137 e. The van der Waals surface area contributed by atoms with Gasteiger partial charge in [-0.05, 0) is 49.5 Å². The Bertz CT molecular complexity index is 758. The largest absolute Gasteiger partial charge is 0.388 e. The van der Waals surface area contributed by atoms with E-state index in [-0.39, 0.29) is 6.10 Å². The van der Waals surface area contributed by atoms with Gasteiger partial charge in [0, 0.05) is 18.9 Å². The molecule has 3 aromatic rings. The van der Waals surface area contributed by atoms with Gasteiger partial charge in [0.25, 0.3) is 0 Å². The van der Waals surface area contributed by atoms with Crippen molar-refractivity contribution in [3.05, 3.63) is 72.2 Å². The van der Waals surface area contributed by atoms with E-state index in [1.54, 1.807) is 0 Å². The van der Waals surface area contributed by atoms with Gasteiger partial charge in [-0.25, -0.2) is 4.98 Å². The molecular weight excluding hydrogens is 298 g/mol.